The molecular formula is C25H21BrN2O3S2. The maximum Gasteiger partial charge on any atom is 0.211 e. The molecule has 0 aliphatic carbocycles. The highest BCUT2D eigenvalue weighted by molar-refractivity contribution is 9.10. The normalized spacial score (nSPS) is 11.4. The van der Waals surface area contributed by atoms with Crippen LogP contribution in [0.5, 0.6) is 0 Å². The Hall–Kier alpha value is -2.94. The molecule has 0 aliphatic rings. The Balaban J connectivity index is 1.92. The zero-order valence-electron chi connectivity index (χ0n) is 17.9. The number of aryl methyl sites for hydroxylation is 2. The van der Waals surface area contributed by atoms with E-state index in [9.17, 15) is 13.2 Å². The molecule has 4 aromatic rings. The SMILES string of the molecule is Cc1cccc(C)c1Nc1sc(C(=O)c2ccccc2)c(N)c1S(=O)(=O)c1ccc(Br)cc1. The predicted octanol–water partition coefficient (Wildman–Crippen LogP) is 6.52. The van der Waals surface area contributed by atoms with Crippen molar-refractivity contribution < 1.29 is 13.2 Å². The summed E-state index contributed by atoms with van der Waals surface area (Å²) >= 11 is 4.38. The summed E-state index contributed by atoms with van der Waals surface area (Å²) in [5.41, 5.74) is 9.46. The van der Waals surface area contributed by atoms with Gasteiger partial charge in [0, 0.05) is 15.7 Å². The molecule has 0 unspecified atom stereocenters. The van der Waals surface area contributed by atoms with Crippen LogP contribution in [0.3, 0.4) is 0 Å². The van der Waals surface area contributed by atoms with Crippen LogP contribution in [0.25, 0.3) is 0 Å². The number of carbonyl (C=O) groups excluding carboxylic acids is 1. The zero-order chi connectivity index (χ0) is 23.8. The van der Waals surface area contributed by atoms with E-state index in [1.54, 1.807) is 36.4 Å². The van der Waals surface area contributed by atoms with E-state index in [-0.39, 0.29) is 26.1 Å². The van der Waals surface area contributed by atoms with Gasteiger partial charge in [-0.2, -0.15) is 0 Å². The summed E-state index contributed by atoms with van der Waals surface area (Å²) in [4.78, 5) is 13.4. The number of nitrogen functional groups attached to an aromatic ring is 1. The largest absolute Gasteiger partial charge is 0.396 e. The van der Waals surface area contributed by atoms with Crippen LogP contribution in [-0.4, -0.2) is 14.2 Å². The van der Waals surface area contributed by atoms with Crippen LogP contribution in [0.1, 0.15) is 26.4 Å². The predicted molar refractivity (Wildman–Crippen MR) is 137 cm³/mol. The Kier molecular flexibility index (Phi) is 6.43. The molecule has 0 radical (unpaired) electrons. The molecule has 1 heterocycles. The second kappa shape index (κ2) is 9.13. The Morgan fingerprint density at radius 2 is 1.52 bits per heavy atom. The minimum absolute atomic E-state index is 0.0505. The minimum Gasteiger partial charge on any atom is -0.396 e. The molecule has 3 N–H and O–H groups in total. The number of nitrogens with one attached hydrogen (secondary N) is 1. The zero-order valence-corrected chi connectivity index (χ0v) is 21.1. The Morgan fingerprint density at radius 1 is 0.909 bits per heavy atom. The van der Waals surface area contributed by atoms with Crippen LogP contribution in [0.15, 0.2) is 87.1 Å². The molecule has 0 aliphatic heterocycles. The number of ketones is 1. The number of halogens is 1. The lowest BCUT2D eigenvalue weighted by Gasteiger charge is -2.13. The highest BCUT2D eigenvalue weighted by Gasteiger charge is 2.32. The van der Waals surface area contributed by atoms with Crippen molar-refractivity contribution in [2.45, 2.75) is 23.6 Å². The maximum absolute atomic E-state index is 13.7. The van der Waals surface area contributed by atoms with E-state index in [1.165, 1.54) is 12.1 Å². The quantitative estimate of drug-likeness (QED) is 0.272. The van der Waals surface area contributed by atoms with Crippen LogP contribution in [0, 0.1) is 13.8 Å². The molecular weight excluding hydrogens is 520 g/mol. The molecule has 3 aromatic carbocycles. The Morgan fingerprint density at radius 3 is 2.12 bits per heavy atom. The first-order valence-electron chi connectivity index (χ1n) is 10.1. The van der Waals surface area contributed by atoms with Crippen molar-refractivity contribution >= 4 is 59.3 Å². The van der Waals surface area contributed by atoms with Gasteiger partial charge in [-0.15, -0.1) is 11.3 Å². The lowest BCUT2D eigenvalue weighted by Crippen LogP contribution is -2.08. The van der Waals surface area contributed by atoms with Gasteiger partial charge < -0.3 is 11.1 Å². The van der Waals surface area contributed by atoms with Crippen LogP contribution in [0.4, 0.5) is 16.4 Å². The van der Waals surface area contributed by atoms with Gasteiger partial charge in [-0.25, -0.2) is 8.42 Å². The van der Waals surface area contributed by atoms with Crippen molar-refractivity contribution in [2.75, 3.05) is 11.1 Å². The van der Waals surface area contributed by atoms with Gasteiger partial charge in [0.1, 0.15) is 14.8 Å². The Labute approximate surface area is 205 Å². The molecule has 0 atom stereocenters. The van der Waals surface area contributed by atoms with E-state index in [0.717, 1.165) is 32.6 Å². The van der Waals surface area contributed by atoms with Crippen LogP contribution in [-0.2, 0) is 9.84 Å². The smallest absolute Gasteiger partial charge is 0.211 e. The summed E-state index contributed by atoms with van der Waals surface area (Å²) in [7, 11) is -4.01. The third-order valence-electron chi connectivity index (χ3n) is 5.25. The van der Waals surface area contributed by atoms with E-state index < -0.39 is 9.84 Å². The first-order chi connectivity index (χ1) is 15.7. The number of hydrogen-bond donors (Lipinski definition) is 2. The molecule has 168 valence electrons. The summed E-state index contributed by atoms with van der Waals surface area (Å²) in [5.74, 6) is -0.320. The van der Waals surface area contributed by atoms with Crippen molar-refractivity contribution in [3.63, 3.8) is 0 Å². The summed E-state index contributed by atoms with van der Waals surface area (Å²) in [6.07, 6.45) is 0. The highest BCUT2D eigenvalue weighted by atomic mass is 79.9. The lowest BCUT2D eigenvalue weighted by molar-refractivity contribution is 0.104. The number of carbonyl (C=O) groups is 1. The van der Waals surface area contributed by atoms with Gasteiger partial charge >= 0.3 is 0 Å². The molecule has 0 bridgehead atoms. The standard InChI is InChI=1S/C25H21BrN2O3S2/c1-15-7-6-8-16(2)21(15)28-25-24(33(30,31)19-13-11-18(26)12-14-19)20(27)23(32-25)22(29)17-9-4-3-5-10-17/h3-14,28H,27H2,1-2H3. The van der Waals surface area contributed by atoms with Crippen molar-refractivity contribution in [1.82, 2.24) is 0 Å². The van der Waals surface area contributed by atoms with Gasteiger partial charge in [0.15, 0.2) is 0 Å². The van der Waals surface area contributed by atoms with E-state index in [1.807, 2.05) is 38.1 Å². The average Bonchev–Trinajstić information content (AvgIpc) is 3.13. The van der Waals surface area contributed by atoms with Crippen molar-refractivity contribution in [3.05, 3.63) is 98.8 Å². The van der Waals surface area contributed by atoms with E-state index in [0.29, 0.717) is 10.6 Å². The van der Waals surface area contributed by atoms with Crippen molar-refractivity contribution in [3.8, 4) is 0 Å². The summed E-state index contributed by atoms with van der Waals surface area (Å²) in [6, 6.07) is 20.8. The third kappa shape index (κ3) is 4.46. The van der Waals surface area contributed by atoms with Crippen LogP contribution in [0.2, 0.25) is 0 Å². The highest BCUT2D eigenvalue weighted by Crippen LogP contribution is 2.44. The summed E-state index contributed by atoms with van der Waals surface area (Å²) in [5, 5.41) is 3.57. The monoisotopic (exact) mass is 540 g/mol. The molecule has 1 aromatic heterocycles. The molecule has 33 heavy (non-hydrogen) atoms. The first kappa shape index (κ1) is 23.2. The van der Waals surface area contributed by atoms with Gasteiger partial charge in [-0.1, -0.05) is 64.5 Å². The number of nitrogens with two attached hydrogens (primary N) is 1. The minimum atomic E-state index is -4.01. The first-order valence-corrected chi connectivity index (χ1v) is 13.2. The average molecular weight is 541 g/mol. The number of benzene rings is 3. The Bertz CT molecular complexity index is 1430. The second-order valence-electron chi connectivity index (χ2n) is 7.55. The number of para-hydroxylation sites is 1. The topological polar surface area (TPSA) is 89.3 Å². The molecule has 0 fully saturated rings. The van der Waals surface area contributed by atoms with Gasteiger partial charge in [-0.05, 0) is 49.2 Å². The van der Waals surface area contributed by atoms with E-state index in [4.69, 9.17) is 5.73 Å². The number of sulfone groups is 1. The summed E-state index contributed by atoms with van der Waals surface area (Å²) < 4.78 is 28.1. The molecule has 5 nitrogen and oxygen atoms in total. The summed E-state index contributed by atoms with van der Waals surface area (Å²) in [6.45, 7) is 3.87. The maximum atomic E-state index is 13.7. The van der Waals surface area contributed by atoms with Gasteiger partial charge in [0.25, 0.3) is 0 Å². The number of thiophene rings is 1. The van der Waals surface area contributed by atoms with Crippen LogP contribution < -0.4 is 11.1 Å². The fourth-order valence-corrected chi connectivity index (χ4v) is 6.71. The van der Waals surface area contributed by atoms with Gasteiger partial charge in [0.05, 0.1) is 10.6 Å². The van der Waals surface area contributed by atoms with Gasteiger partial charge in [0.2, 0.25) is 15.6 Å². The molecule has 0 saturated carbocycles. The second-order valence-corrected chi connectivity index (χ2v) is 11.4. The van der Waals surface area contributed by atoms with Crippen molar-refractivity contribution in [1.29, 1.82) is 0 Å². The van der Waals surface area contributed by atoms with E-state index >= 15 is 0 Å². The van der Waals surface area contributed by atoms with Crippen molar-refractivity contribution in [2.24, 2.45) is 0 Å². The molecule has 0 spiro atoms. The third-order valence-corrected chi connectivity index (χ3v) is 8.89. The number of anilines is 3. The van der Waals surface area contributed by atoms with Gasteiger partial charge in [-0.3, -0.25) is 4.79 Å². The molecule has 8 heteroatoms. The lowest BCUT2D eigenvalue weighted by atomic mass is 10.1. The fourth-order valence-electron chi connectivity index (χ4n) is 3.52. The van der Waals surface area contributed by atoms with E-state index in [2.05, 4.69) is 21.2 Å². The fraction of sp³-hybridized carbons (Fsp3) is 0.0800. The number of rotatable bonds is 6. The number of hydrogen-bond acceptors (Lipinski definition) is 6. The molecule has 4 rings (SSSR count). The molecule has 0 saturated heterocycles. The molecule has 0 amide bonds. The van der Waals surface area contributed by atoms with Crippen LogP contribution >= 0.6 is 27.3 Å².